The molecule has 516 valence electrons. The van der Waals surface area contributed by atoms with Gasteiger partial charge in [-0.1, -0.05) is 109 Å². The van der Waals surface area contributed by atoms with Gasteiger partial charge in [0.05, 0.1) is 19.3 Å². The van der Waals surface area contributed by atoms with Crippen LogP contribution in [-0.2, 0) is 57.5 Å². The molecule has 90 heavy (non-hydrogen) atoms. The third-order valence-electron chi connectivity index (χ3n) is 16.9. The highest BCUT2D eigenvalue weighted by Gasteiger charge is 2.46. The maximum atomic E-state index is 15.2. The smallest absolute Gasteiger partial charge is 0.273 e. The second-order valence-electron chi connectivity index (χ2n) is 27.1. The molecule has 0 aromatic rings. The van der Waals surface area contributed by atoms with Crippen LogP contribution in [0.25, 0.3) is 0 Å². The van der Waals surface area contributed by atoms with Gasteiger partial charge in [-0.3, -0.25) is 52.7 Å². The average Bonchev–Trinajstić information content (AvgIpc) is 0.847. The number of hydrogen-bond donors (Lipinski definition) is 6. The highest BCUT2D eigenvalue weighted by molar-refractivity contribution is 6.00. The molecule has 13 atom stereocenters. The van der Waals surface area contributed by atoms with Gasteiger partial charge in [0, 0.05) is 49.3 Å². The predicted molar refractivity (Wildman–Crippen MR) is 345 cm³/mol. The maximum absolute atomic E-state index is 15.2. The Labute approximate surface area is 537 Å². The van der Waals surface area contributed by atoms with Gasteiger partial charge in [0.2, 0.25) is 65.3 Å². The first-order chi connectivity index (χ1) is 41.7. The third-order valence-corrected chi connectivity index (χ3v) is 16.9. The van der Waals surface area contributed by atoms with Gasteiger partial charge in [0.1, 0.15) is 60.4 Å². The summed E-state index contributed by atoms with van der Waals surface area (Å²) < 4.78 is 5.88. The number of nitrogens with zero attached hydrogens (tertiary/aromatic N) is 7. The van der Waals surface area contributed by atoms with E-state index < -0.39 is 169 Å². The van der Waals surface area contributed by atoms with Crippen molar-refractivity contribution in [2.75, 3.05) is 62.5 Å². The molecule has 0 spiro atoms. The number of amides is 11. The lowest BCUT2D eigenvalue weighted by molar-refractivity contribution is -0.169. The highest BCUT2D eigenvalue weighted by Crippen LogP contribution is 2.26. The molecular weight excluding hydrogens is 1160 g/mol. The molecule has 0 aromatic heterocycles. The Morgan fingerprint density at radius 3 is 1.40 bits per heavy atom. The van der Waals surface area contributed by atoms with Crippen LogP contribution >= 0.6 is 0 Å². The molecular formula is C65H117N11O14. The normalized spacial score (nSPS) is 26.9. The molecule has 11 amide bonds. The lowest BCUT2D eigenvalue weighted by Gasteiger charge is -2.41. The fourth-order valence-electron chi connectivity index (χ4n) is 11.2. The molecule has 0 radical (unpaired) electrons. The summed E-state index contributed by atoms with van der Waals surface area (Å²) in [5.74, 6) is -10.5. The van der Waals surface area contributed by atoms with Crippen LogP contribution in [0.2, 0.25) is 0 Å². The largest absolute Gasteiger partial charge is 0.394 e. The molecule has 1 rings (SSSR count). The van der Waals surface area contributed by atoms with Crippen molar-refractivity contribution >= 4 is 65.0 Å². The van der Waals surface area contributed by atoms with Crippen molar-refractivity contribution in [1.29, 1.82) is 0 Å². The number of nitrogens with one attached hydrogen (secondary N) is 4. The zero-order chi connectivity index (χ0) is 69.7. The number of aliphatic hydroxyl groups is 2. The van der Waals surface area contributed by atoms with Gasteiger partial charge in [-0.05, 0) is 107 Å². The van der Waals surface area contributed by atoms with Crippen molar-refractivity contribution in [3.8, 4) is 0 Å². The second kappa shape index (κ2) is 38.0. The Hall–Kier alpha value is -6.21. The van der Waals surface area contributed by atoms with Crippen LogP contribution in [0, 0.1) is 41.4 Å². The van der Waals surface area contributed by atoms with Gasteiger partial charge < -0.3 is 70.5 Å². The first-order valence-corrected chi connectivity index (χ1v) is 32.3. The first-order valence-electron chi connectivity index (χ1n) is 32.3. The molecule has 1 fully saturated rings. The molecule has 0 bridgehead atoms. The van der Waals surface area contributed by atoms with Gasteiger partial charge in [-0.2, -0.15) is 0 Å². The number of ether oxygens (including phenoxy) is 1. The Bertz CT molecular complexity index is 2440. The molecule has 1 aliphatic heterocycles. The third kappa shape index (κ3) is 22.9. The minimum absolute atomic E-state index is 0.0527. The van der Waals surface area contributed by atoms with E-state index in [4.69, 9.17) is 4.74 Å². The van der Waals surface area contributed by atoms with Gasteiger partial charge in [-0.15, -0.1) is 0 Å². The Morgan fingerprint density at radius 2 is 0.933 bits per heavy atom. The van der Waals surface area contributed by atoms with E-state index in [2.05, 4.69) is 21.3 Å². The second-order valence-corrected chi connectivity index (χ2v) is 27.1. The highest BCUT2D eigenvalue weighted by atomic mass is 16.5. The van der Waals surface area contributed by atoms with Crippen molar-refractivity contribution in [3.63, 3.8) is 0 Å². The molecule has 0 aliphatic carbocycles. The van der Waals surface area contributed by atoms with Gasteiger partial charge in [0.25, 0.3) is 5.91 Å². The van der Waals surface area contributed by atoms with Crippen LogP contribution in [0.3, 0.4) is 0 Å². The fraction of sp³-hybridized carbons (Fsp3) is 0.800. The van der Waals surface area contributed by atoms with E-state index in [1.807, 2.05) is 55.4 Å². The van der Waals surface area contributed by atoms with E-state index in [1.165, 1.54) is 82.8 Å². The minimum Gasteiger partial charge on any atom is -0.394 e. The van der Waals surface area contributed by atoms with E-state index in [0.717, 1.165) is 14.7 Å². The summed E-state index contributed by atoms with van der Waals surface area (Å²) in [5, 5.41) is 33.1. The quantitative estimate of drug-likeness (QED) is 0.101. The summed E-state index contributed by atoms with van der Waals surface area (Å²) in [6.45, 7) is 28.7. The van der Waals surface area contributed by atoms with Crippen LogP contribution in [0.5, 0.6) is 0 Å². The zero-order valence-corrected chi connectivity index (χ0v) is 58.9. The summed E-state index contributed by atoms with van der Waals surface area (Å²) in [7, 11) is 9.63. The Morgan fingerprint density at radius 1 is 0.478 bits per heavy atom. The minimum atomic E-state index is -1.80. The van der Waals surface area contributed by atoms with E-state index >= 15 is 14.4 Å². The topological polar surface area (TPSA) is 308 Å². The van der Waals surface area contributed by atoms with Crippen LogP contribution in [0.15, 0.2) is 12.2 Å². The Balaban J connectivity index is 4.49. The average molecular weight is 1280 g/mol. The summed E-state index contributed by atoms with van der Waals surface area (Å²) in [6, 6.07) is -13.0. The van der Waals surface area contributed by atoms with E-state index in [-0.39, 0.29) is 62.2 Å². The maximum Gasteiger partial charge on any atom is 0.273 e. The molecule has 25 nitrogen and oxygen atoms in total. The number of rotatable bonds is 19. The predicted octanol–water partition coefficient (Wildman–Crippen LogP) is 2.99. The molecule has 1 saturated heterocycles. The Kier molecular flexibility index (Phi) is 34.5. The monoisotopic (exact) mass is 1280 g/mol. The van der Waals surface area contributed by atoms with Crippen LogP contribution in [-0.4, -0.2) is 245 Å². The molecule has 6 N–H and O–H groups in total. The van der Waals surface area contributed by atoms with Crippen molar-refractivity contribution < 1.29 is 67.7 Å². The molecule has 25 heteroatoms. The molecule has 0 aromatic carbocycles. The number of likely N-dealkylation sites (N-methyl/N-ethyl adjacent to an activating group) is 7. The fourth-order valence-corrected chi connectivity index (χ4v) is 11.2. The summed E-state index contributed by atoms with van der Waals surface area (Å²) >= 11 is 0. The van der Waals surface area contributed by atoms with Crippen LogP contribution < -0.4 is 21.3 Å². The number of hydrogen-bond acceptors (Lipinski definition) is 14. The van der Waals surface area contributed by atoms with Crippen molar-refractivity contribution in [2.24, 2.45) is 41.4 Å². The zero-order valence-electron chi connectivity index (χ0n) is 58.9. The summed E-state index contributed by atoms with van der Waals surface area (Å²) in [4.78, 5) is 170. The standard InChI is InChI=1S/C65H117N11O14/c1-25-27-28-42(15)53(78)52-57(82)68-45(26-2)59(84)76(24)65(90-32-31-77)64(89)71(19)47(33-37(5)6)56(81)69-50(40(11)12)62(87)70(18)46(30-29-36(3)4)55(80)66-43(16)54(79)67-44(17)58(83)72(20)48(34-38(7)8)60(85)73(21)49(35-39(9)10)61(86)74(22)51(41(13)14)63(88)75(52)23/h25,27,36-53,65,77-78H,26,28-35H2,1-24H3,(H,66,80)(H,67,79)(H,68,82)(H,69,81)/b27-25+/t42-,43+,44-,45+,46+,47+,48+,49+,50+,51+,52+,53-,65-/m1/s1. The lowest BCUT2D eigenvalue weighted by Crippen LogP contribution is -2.64. The van der Waals surface area contributed by atoms with Crippen molar-refractivity contribution in [1.82, 2.24) is 55.6 Å². The SMILES string of the molecule is C/C=C/C[C@@H](C)[C@@H](O)[C@H]1C(=O)N[C@@H](CC)C(=O)N(C)[C@H](OCCO)C(=O)N(C)[C@@H](CC(C)C)C(=O)N[C@@H](C(C)C)C(=O)N(C)[C@@H](CCC(C)C)C(=O)N[C@@H](C)C(=O)N[C@H](C)C(=O)N(C)[C@@H](CC(C)C)C(=O)N(C)[C@@H](CC(C)C)C(=O)N(C)[C@@H](C(C)C)C(=O)N1C. The van der Waals surface area contributed by atoms with Crippen molar-refractivity contribution in [2.45, 2.75) is 235 Å². The van der Waals surface area contributed by atoms with Gasteiger partial charge in [0.15, 0.2) is 0 Å². The van der Waals surface area contributed by atoms with Gasteiger partial charge >= 0.3 is 0 Å². The summed E-state index contributed by atoms with van der Waals surface area (Å²) in [5.41, 5.74) is 0. The molecule has 0 unspecified atom stereocenters. The van der Waals surface area contributed by atoms with Crippen LogP contribution in [0.1, 0.15) is 163 Å². The summed E-state index contributed by atoms with van der Waals surface area (Å²) in [6.07, 6.45) is 1.33. The van der Waals surface area contributed by atoms with E-state index in [9.17, 15) is 48.6 Å². The van der Waals surface area contributed by atoms with Crippen molar-refractivity contribution in [3.05, 3.63) is 12.2 Å². The number of carbonyl (C=O) groups is 11. The molecule has 1 aliphatic rings. The van der Waals surface area contributed by atoms with E-state index in [1.54, 1.807) is 60.6 Å². The molecule has 1 heterocycles. The first kappa shape index (κ1) is 81.8. The lowest BCUT2D eigenvalue weighted by atomic mass is 9.91. The molecule has 0 saturated carbocycles. The van der Waals surface area contributed by atoms with E-state index in [0.29, 0.717) is 6.42 Å². The number of allylic oxidation sites excluding steroid dienone is 2. The van der Waals surface area contributed by atoms with Crippen LogP contribution in [0.4, 0.5) is 0 Å². The number of aliphatic hydroxyl groups excluding tert-OH is 2. The van der Waals surface area contributed by atoms with Gasteiger partial charge in [-0.25, -0.2) is 0 Å². The number of carbonyl (C=O) groups excluding carboxylic acids is 11.